The summed E-state index contributed by atoms with van der Waals surface area (Å²) in [7, 11) is 0. The zero-order valence-electron chi connectivity index (χ0n) is 11.9. The second kappa shape index (κ2) is 8.45. The Morgan fingerprint density at radius 1 is 1.17 bits per heavy atom. The van der Waals surface area contributed by atoms with E-state index in [-0.39, 0.29) is 12.5 Å². The van der Waals surface area contributed by atoms with Gasteiger partial charge in [0.15, 0.2) is 0 Å². The van der Waals surface area contributed by atoms with Crippen molar-refractivity contribution in [2.45, 2.75) is 0 Å². The van der Waals surface area contributed by atoms with Crippen molar-refractivity contribution in [2.75, 3.05) is 6.54 Å². The molecule has 0 aliphatic rings. The summed E-state index contributed by atoms with van der Waals surface area (Å²) in [5.41, 5.74) is 3.57. The van der Waals surface area contributed by atoms with Gasteiger partial charge in [0, 0.05) is 15.1 Å². The van der Waals surface area contributed by atoms with Gasteiger partial charge in [-0.05, 0) is 42.0 Å². The van der Waals surface area contributed by atoms with E-state index in [0.29, 0.717) is 10.6 Å². The van der Waals surface area contributed by atoms with Crippen LogP contribution >= 0.6 is 27.5 Å². The van der Waals surface area contributed by atoms with Gasteiger partial charge in [-0.3, -0.25) is 9.59 Å². The fraction of sp³-hybridized carbons (Fsp3) is 0.0625. The average Bonchev–Trinajstić information content (AvgIpc) is 2.53. The van der Waals surface area contributed by atoms with Crippen molar-refractivity contribution in [3.05, 3.63) is 69.2 Å². The number of hydrazone groups is 1. The number of carbonyl (C=O) groups excluding carboxylic acids is 2. The standard InChI is InChI=1S/C16H13BrClN3O2/c17-13-6-4-12(5-7-13)16(23)19-10-15(22)21-20-9-11-2-1-3-14(18)8-11/h1-9H,10H2,(H,19,23)(H,21,22)/b20-9-. The summed E-state index contributed by atoms with van der Waals surface area (Å²) in [5, 5.41) is 6.90. The Balaban J connectivity index is 1.78. The number of halogens is 2. The molecule has 0 fully saturated rings. The third kappa shape index (κ3) is 5.84. The zero-order valence-corrected chi connectivity index (χ0v) is 14.3. The lowest BCUT2D eigenvalue weighted by molar-refractivity contribution is -0.120. The third-order valence-corrected chi connectivity index (χ3v) is 3.53. The number of carbonyl (C=O) groups is 2. The number of nitrogens with one attached hydrogen (secondary N) is 2. The van der Waals surface area contributed by atoms with Crippen LogP contribution in [-0.4, -0.2) is 24.6 Å². The highest BCUT2D eigenvalue weighted by atomic mass is 79.9. The van der Waals surface area contributed by atoms with E-state index in [1.54, 1.807) is 48.5 Å². The summed E-state index contributed by atoms with van der Waals surface area (Å²) in [5.74, 6) is -0.750. The number of hydrogen-bond acceptors (Lipinski definition) is 3. The Labute approximate surface area is 146 Å². The molecule has 0 spiro atoms. The van der Waals surface area contributed by atoms with Gasteiger partial charge in [0.05, 0.1) is 12.8 Å². The van der Waals surface area contributed by atoms with Crippen molar-refractivity contribution in [2.24, 2.45) is 5.10 Å². The Morgan fingerprint density at radius 2 is 1.91 bits per heavy atom. The van der Waals surface area contributed by atoms with Crippen molar-refractivity contribution in [3.8, 4) is 0 Å². The summed E-state index contributed by atoms with van der Waals surface area (Å²) >= 11 is 9.13. The number of rotatable bonds is 5. The maximum atomic E-state index is 11.8. The van der Waals surface area contributed by atoms with Crippen LogP contribution in [0.1, 0.15) is 15.9 Å². The molecule has 2 rings (SSSR count). The van der Waals surface area contributed by atoms with E-state index < -0.39 is 5.91 Å². The first kappa shape index (κ1) is 17.2. The first-order valence-electron chi connectivity index (χ1n) is 6.66. The molecule has 118 valence electrons. The van der Waals surface area contributed by atoms with Gasteiger partial charge >= 0.3 is 0 Å². The summed E-state index contributed by atoms with van der Waals surface area (Å²) in [6, 6.07) is 13.9. The first-order valence-corrected chi connectivity index (χ1v) is 7.83. The quantitative estimate of drug-likeness (QED) is 0.604. The van der Waals surface area contributed by atoms with E-state index in [1.807, 2.05) is 0 Å². The van der Waals surface area contributed by atoms with E-state index in [9.17, 15) is 9.59 Å². The van der Waals surface area contributed by atoms with Crippen LogP contribution in [0.15, 0.2) is 58.1 Å². The Kier molecular flexibility index (Phi) is 6.31. The lowest BCUT2D eigenvalue weighted by Crippen LogP contribution is -2.34. The van der Waals surface area contributed by atoms with Crippen LogP contribution < -0.4 is 10.7 Å². The molecule has 2 aromatic rings. The number of nitrogens with zero attached hydrogens (tertiary/aromatic N) is 1. The molecular weight excluding hydrogens is 382 g/mol. The normalized spacial score (nSPS) is 10.5. The summed E-state index contributed by atoms with van der Waals surface area (Å²) in [6.07, 6.45) is 1.47. The van der Waals surface area contributed by atoms with E-state index >= 15 is 0 Å². The second-order valence-electron chi connectivity index (χ2n) is 4.54. The molecule has 2 amide bonds. The topological polar surface area (TPSA) is 70.6 Å². The molecule has 0 saturated heterocycles. The summed E-state index contributed by atoms with van der Waals surface area (Å²) < 4.78 is 0.877. The molecule has 0 aliphatic carbocycles. The van der Waals surface area contributed by atoms with E-state index in [4.69, 9.17) is 11.6 Å². The molecule has 0 bridgehead atoms. The first-order chi connectivity index (χ1) is 11.0. The summed E-state index contributed by atoms with van der Waals surface area (Å²) in [6.45, 7) is -0.165. The maximum absolute atomic E-state index is 11.8. The Bertz CT molecular complexity index is 732. The van der Waals surface area contributed by atoms with Gasteiger partial charge in [-0.15, -0.1) is 0 Å². The van der Waals surface area contributed by atoms with Gasteiger partial charge in [-0.1, -0.05) is 39.7 Å². The van der Waals surface area contributed by atoms with Crippen molar-refractivity contribution in [3.63, 3.8) is 0 Å². The predicted octanol–water partition coefficient (Wildman–Crippen LogP) is 2.98. The largest absolute Gasteiger partial charge is 0.343 e. The monoisotopic (exact) mass is 393 g/mol. The highest BCUT2D eigenvalue weighted by Crippen LogP contribution is 2.10. The van der Waals surface area contributed by atoms with Crippen LogP contribution in [0, 0.1) is 0 Å². The van der Waals surface area contributed by atoms with Crippen LogP contribution in [0.4, 0.5) is 0 Å². The van der Waals surface area contributed by atoms with Crippen molar-refractivity contribution < 1.29 is 9.59 Å². The minimum absolute atomic E-state index is 0.165. The summed E-state index contributed by atoms with van der Waals surface area (Å²) in [4.78, 5) is 23.5. The van der Waals surface area contributed by atoms with Gasteiger partial charge in [-0.2, -0.15) is 5.10 Å². The number of amides is 2. The van der Waals surface area contributed by atoms with Gasteiger partial charge in [-0.25, -0.2) is 5.43 Å². The van der Waals surface area contributed by atoms with Crippen molar-refractivity contribution in [1.29, 1.82) is 0 Å². The van der Waals surface area contributed by atoms with Gasteiger partial charge < -0.3 is 5.32 Å². The van der Waals surface area contributed by atoms with Crippen LogP contribution in [0.2, 0.25) is 5.02 Å². The minimum atomic E-state index is -0.422. The Hall–Kier alpha value is -2.18. The highest BCUT2D eigenvalue weighted by molar-refractivity contribution is 9.10. The van der Waals surface area contributed by atoms with Crippen LogP contribution in [0.5, 0.6) is 0 Å². The molecule has 0 aliphatic heterocycles. The van der Waals surface area contributed by atoms with Gasteiger partial charge in [0.2, 0.25) is 0 Å². The van der Waals surface area contributed by atoms with Crippen LogP contribution in [0.25, 0.3) is 0 Å². The molecule has 0 heterocycles. The molecule has 0 radical (unpaired) electrons. The molecule has 23 heavy (non-hydrogen) atoms. The third-order valence-electron chi connectivity index (χ3n) is 2.77. The van der Waals surface area contributed by atoms with Gasteiger partial charge in [0.1, 0.15) is 0 Å². The Morgan fingerprint density at radius 3 is 2.61 bits per heavy atom. The SMILES string of the molecule is O=C(CNC(=O)c1ccc(Br)cc1)N/N=C\c1cccc(Cl)c1. The molecule has 2 N–H and O–H groups in total. The second-order valence-corrected chi connectivity index (χ2v) is 5.89. The molecule has 5 nitrogen and oxygen atoms in total. The molecule has 0 atom stereocenters. The van der Waals surface area contributed by atoms with Crippen LogP contribution in [-0.2, 0) is 4.79 Å². The fourth-order valence-corrected chi connectivity index (χ4v) is 2.13. The lowest BCUT2D eigenvalue weighted by Gasteiger charge is -2.04. The molecule has 0 saturated carbocycles. The van der Waals surface area contributed by atoms with Crippen molar-refractivity contribution in [1.82, 2.24) is 10.7 Å². The van der Waals surface area contributed by atoms with E-state index in [0.717, 1.165) is 10.0 Å². The molecule has 2 aromatic carbocycles. The fourth-order valence-electron chi connectivity index (χ4n) is 1.67. The van der Waals surface area contributed by atoms with Crippen molar-refractivity contribution >= 4 is 45.6 Å². The predicted molar refractivity (Wildman–Crippen MR) is 93.7 cm³/mol. The van der Waals surface area contributed by atoms with Gasteiger partial charge in [0.25, 0.3) is 11.8 Å². The maximum Gasteiger partial charge on any atom is 0.259 e. The zero-order chi connectivity index (χ0) is 16.7. The number of benzene rings is 2. The lowest BCUT2D eigenvalue weighted by atomic mass is 10.2. The molecule has 0 aromatic heterocycles. The molecule has 0 unspecified atom stereocenters. The van der Waals surface area contributed by atoms with E-state index in [2.05, 4.69) is 31.8 Å². The minimum Gasteiger partial charge on any atom is -0.343 e. The smallest absolute Gasteiger partial charge is 0.259 e. The molecular formula is C16H13BrClN3O2. The average molecular weight is 395 g/mol. The van der Waals surface area contributed by atoms with E-state index in [1.165, 1.54) is 6.21 Å². The highest BCUT2D eigenvalue weighted by Gasteiger charge is 2.07. The molecule has 7 heteroatoms. The van der Waals surface area contributed by atoms with Crippen LogP contribution in [0.3, 0.4) is 0 Å². The number of hydrogen-bond donors (Lipinski definition) is 2.